The lowest BCUT2D eigenvalue weighted by molar-refractivity contribution is 0.315. The van der Waals surface area contributed by atoms with E-state index >= 15 is 0 Å². The minimum absolute atomic E-state index is 0. The molecule has 112 valence electrons. The molecule has 0 unspecified atom stereocenters. The van der Waals surface area contributed by atoms with Crippen LogP contribution >= 0.6 is 35.7 Å². The number of nitrogens with zero attached hydrogens (tertiary/aromatic N) is 1. The molecule has 0 bridgehead atoms. The second-order valence-corrected chi connectivity index (χ2v) is 5.65. The van der Waals surface area contributed by atoms with Crippen molar-refractivity contribution in [2.24, 2.45) is 16.6 Å². The minimum Gasteiger partial charge on any atom is -0.370 e. The summed E-state index contributed by atoms with van der Waals surface area (Å²) in [6.45, 7) is 1.16. The Morgan fingerprint density at radius 3 is 2.85 bits per heavy atom. The first-order valence-corrected chi connectivity index (χ1v) is 7.78. The van der Waals surface area contributed by atoms with E-state index in [4.69, 9.17) is 5.73 Å². The van der Waals surface area contributed by atoms with Gasteiger partial charge in [0.1, 0.15) is 5.82 Å². The predicted molar refractivity (Wildman–Crippen MR) is 94.3 cm³/mol. The summed E-state index contributed by atoms with van der Waals surface area (Å²) >= 11 is 1.52. The monoisotopic (exact) mass is 409 g/mol. The van der Waals surface area contributed by atoms with Crippen molar-refractivity contribution in [2.75, 3.05) is 12.8 Å². The highest BCUT2D eigenvalue weighted by molar-refractivity contribution is 14.0. The summed E-state index contributed by atoms with van der Waals surface area (Å²) in [5.41, 5.74) is 6.41. The average Bonchev–Trinajstić information content (AvgIpc) is 2.35. The lowest BCUT2D eigenvalue weighted by Gasteiger charge is -2.25. The van der Waals surface area contributed by atoms with E-state index in [9.17, 15) is 4.39 Å². The molecule has 1 aliphatic rings. The van der Waals surface area contributed by atoms with Crippen LogP contribution in [0.1, 0.15) is 24.8 Å². The Hall–Kier alpha value is -0.500. The highest BCUT2D eigenvalue weighted by Gasteiger charge is 2.16. The summed E-state index contributed by atoms with van der Waals surface area (Å²) in [7, 11) is 0. The van der Waals surface area contributed by atoms with Crippen molar-refractivity contribution < 1.29 is 4.39 Å². The van der Waals surface area contributed by atoms with Crippen molar-refractivity contribution in [2.45, 2.75) is 30.7 Å². The van der Waals surface area contributed by atoms with Gasteiger partial charge in [-0.2, -0.15) is 0 Å². The first-order valence-electron chi connectivity index (χ1n) is 6.56. The maximum atomic E-state index is 13.7. The molecule has 3 N–H and O–H groups in total. The standard InChI is InChI=1S/C14H20FN3S.HI/c1-19-13-7-3-6-12(15)11(13)9-18-14(16)17-8-10-4-2-5-10;/h3,6-7,10H,2,4-5,8-9H2,1H3,(H3,16,17,18);1H. The molecule has 1 fully saturated rings. The van der Waals surface area contributed by atoms with E-state index in [0.717, 1.165) is 17.4 Å². The molecule has 1 aromatic rings. The molecule has 2 rings (SSSR count). The van der Waals surface area contributed by atoms with Gasteiger partial charge >= 0.3 is 0 Å². The number of nitrogens with one attached hydrogen (secondary N) is 1. The third-order valence-electron chi connectivity index (χ3n) is 3.50. The molecule has 0 aromatic heterocycles. The van der Waals surface area contributed by atoms with Crippen LogP contribution in [-0.2, 0) is 6.54 Å². The molecule has 1 saturated carbocycles. The minimum atomic E-state index is -0.220. The van der Waals surface area contributed by atoms with Gasteiger partial charge in [0.05, 0.1) is 6.54 Å². The Morgan fingerprint density at radius 2 is 2.25 bits per heavy atom. The van der Waals surface area contributed by atoms with Crippen LogP contribution in [0, 0.1) is 11.7 Å². The normalized spacial score (nSPS) is 15.4. The number of aliphatic imine (C=N–C) groups is 1. The Labute approximate surface area is 141 Å². The van der Waals surface area contributed by atoms with Crippen LogP contribution in [-0.4, -0.2) is 18.8 Å². The lowest BCUT2D eigenvalue weighted by atomic mass is 9.85. The number of rotatable bonds is 5. The van der Waals surface area contributed by atoms with Crippen LogP contribution < -0.4 is 11.1 Å². The van der Waals surface area contributed by atoms with Crippen molar-refractivity contribution in [1.82, 2.24) is 5.32 Å². The number of benzene rings is 1. The smallest absolute Gasteiger partial charge is 0.188 e. The molecule has 0 spiro atoms. The molecular weight excluding hydrogens is 388 g/mol. The van der Waals surface area contributed by atoms with Crippen LogP contribution in [0.2, 0.25) is 0 Å². The topological polar surface area (TPSA) is 50.4 Å². The number of guanidine groups is 1. The van der Waals surface area contributed by atoms with E-state index in [0.29, 0.717) is 11.5 Å². The summed E-state index contributed by atoms with van der Waals surface area (Å²) in [5.74, 6) is 0.911. The van der Waals surface area contributed by atoms with Gasteiger partial charge in [-0.15, -0.1) is 35.7 Å². The zero-order valence-corrected chi connectivity index (χ0v) is 14.7. The summed E-state index contributed by atoms with van der Waals surface area (Å²) in [6, 6.07) is 5.08. The number of thioether (sulfide) groups is 1. The molecule has 0 aliphatic heterocycles. The van der Waals surface area contributed by atoms with Crippen LogP contribution in [0.25, 0.3) is 0 Å². The first kappa shape index (κ1) is 17.6. The summed E-state index contributed by atoms with van der Waals surface area (Å²) in [6.07, 6.45) is 5.78. The van der Waals surface area contributed by atoms with Gasteiger partial charge in [-0.25, -0.2) is 9.38 Å². The Morgan fingerprint density at radius 1 is 1.50 bits per heavy atom. The van der Waals surface area contributed by atoms with Gasteiger partial charge in [-0.3, -0.25) is 0 Å². The zero-order chi connectivity index (χ0) is 13.7. The van der Waals surface area contributed by atoms with Gasteiger partial charge < -0.3 is 11.1 Å². The van der Waals surface area contributed by atoms with E-state index in [1.807, 2.05) is 12.3 Å². The molecule has 1 aliphatic carbocycles. The molecule has 0 amide bonds. The van der Waals surface area contributed by atoms with Crippen LogP contribution in [0.4, 0.5) is 4.39 Å². The summed E-state index contributed by atoms with van der Waals surface area (Å²) in [4.78, 5) is 5.14. The van der Waals surface area contributed by atoms with Crippen molar-refractivity contribution in [3.05, 3.63) is 29.6 Å². The fraction of sp³-hybridized carbons (Fsp3) is 0.500. The first-order chi connectivity index (χ1) is 9.20. The van der Waals surface area contributed by atoms with Crippen LogP contribution in [0.15, 0.2) is 28.1 Å². The Kier molecular flexibility index (Phi) is 7.65. The third kappa shape index (κ3) is 4.80. The van der Waals surface area contributed by atoms with Gasteiger partial charge in [-0.05, 0) is 37.1 Å². The van der Waals surface area contributed by atoms with Gasteiger partial charge in [0.2, 0.25) is 0 Å². The molecule has 1 aromatic carbocycles. The Balaban J connectivity index is 0.00000200. The summed E-state index contributed by atoms with van der Waals surface area (Å²) in [5, 5.41) is 3.11. The molecule has 0 heterocycles. The lowest BCUT2D eigenvalue weighted by Crippen LogP contribution is -2.37. The highest BCUT2D eigenvalue weighted by Crippen LogP contribution is 2.25. The average molecular weight is 409 g/mol. The Bertz CT molecular complexity index is 464. The van der Waals surface area contributed by atoms with E-state index in [1.165, 1.54) is 37.1 Å². The molecule has 20 heavy (non-hydrogen) atoms. The van der Waals surface area contributed by atoms with E-state index in [1.54, 1.807) is 6.07 Å². The van der Waals surface area contributed by atoms with Gasteiger partial charge in [-0.1, -0.05) is 12.5 Å². The van der Waals surface area contributed by atoms with Gasteiger partial charge in [0, 0.05) is 17.0 Å². The quantitative estimate of drug-likeness (QED) is 0.339. The fourth-order valence-electron chi connectivity index (χ4n) is 2.05. The maximum Gasteiger partial charge on any atom is 0.188 e. The maximum absolute atomic E-state index is 13.7. The van der Waals surface area contributed by atoms with Gasteiger partial charge in [0.25, 0.3) is 0 Å². The van der Waals surface area contributed by atoms with E-state index in [-0.39, 0.29) is 36.3 Å². The number of hydrogen-bond donors (Lipinski definition) is 2. The zero-order valence-electron chi connectivity index (χ0n) is 11.6. The molecule has 3 nitrogen and oxygen atoms in total. The number of nitrogens with two attached hydrogens (primary N) is 1. The van der Waals surface area contributed by atoms with Crippen LogP contribution in [0.3, 0.4) is 0 Å². The van der Waals surface area contributed by atoms with Crippen molar-refractivity contribution in [3.63, 3.8) is 0 Å². The van der Waals surface area contributed by atoms with Crippen molar-refractivity contribution >= 4 is 41.7 Å². The molecule has 0 saturated heterocycles. The second kappa shape index (κ2) is 8.71. The highest BCUT2D eigenvalue weighted by atomic mass is 127. The molecule has 0 atom stereocenters. The van der Waals surface area contributed by atoms with Crippen molar-refractivity contribution in [1.29, 1.82) is 0 Å². The molecule has 0 radical (unpaired) electrons. The van der Waals surface area contributed by atoms with Crippen molar-refractivity contribution in [3.8, 4) is 0 Å². The molecular formula is C14H21FIN3S. The molecule has 6 heteroatoms. The number of hydrogen-bond acceptors (Lipinski definition) is 2. The SMILES string of the molecule is CSc1cccc(F)c1CN=C(N)NCC1CCC1.I. The summed E-state index contributed by atoms with van der Waals surface area (Å²) < 4.78 is 13.7. The van der Waals surface area contributed by atoms with Crippen LogP contribution in [0.5, 0.6) is 0 Å². The van der Waals surface area contributed by atoms with Gasteiger partial charge in [0.15, 0.2) is 5.96 Å². The van der Waals surface area contributed by atoms with E-state index in [2.05, 4.69) is 10.3 Å². The largest absolute Gasteiger partial charge is 0.370 e. The fourth-order valence-corrected chi connectivity index (χ4v) is 2.67. The predicted octanol–water partition coefficient (Wildman–Crippen LogP) is 3.37. The van der Waals surface area contributed by atoms with E-state index < -0.39 is 0 Å². The second-order valence-electron chi connectivity index (χ2n) is 4.80. The number of halogens is 2. The third-order valence-corrected chi connectivity index (χ3v) is 4.32.